The summed E-state index contributed by atoms with van der Waals surface area (Å²) in [6, 6.07) is 10.2. The number of esters is 1. The van der Waals surface area contributed by atoms with Crippen LogP contribution in [-0.4, -0.2) is 12.6 Å². The maximum Gasteiger partial charge on any atom is 0.306 e. The molecule has 0 N–H and O–H groups in total. The smallest absolute Gasteiger partial charge is 0.306 e. The van der Waals surface area contributed by atoms with Crippen molar-refractivity contribution in [2.45, 2.75) is 52.9 Å². The second-order valence-corrected chi connectivity index (χ2v) is 5.89. The molecular weight excluding hydrogens is 272 g/mol. The van der Waals surface area contributed by atoms with E-state index in [1.54, 1.807) is 0 Å². The van der Waals surface area contributed by atoms with Crippen LogP contribution in [0.5, 0.6) is 0 Å². The van der Waals surface area contributed by atoms with Gasteiger partial charge in [0.25, 0.3) is 0 Å². The molecule has 0 fully saturated rings. The molecule has 0 atom stereocenters. The normalized spacial score (nSPS) is 11.1. The van der Waals surface area contributed by atoms with Crippen molar-refractivity contribution in [3.8, 4) is 0 Å². The van der Waals surface area contributed by atoms with Gasteiger partial charge in [-0.3, -0.25) is 4.79 Å². The van der Waals surface area contributed by atoms with Crippen molar-refractivity contribution in [2.75, 3.05) is 6.61 Å². The third kappa shape index (κ3) is 9.17. The molecule has 1 aromatic rings. The maximum absolute atomic E-state index is 11.7. The van der Waals surface area contributed by atoms with Crippen LogP contribution in [0.3, 0.4) is 0 Å². The summed E-state index contributed by atoms with van der Waals surface area (Å²) < 4.78 is 5.25. The van der Waals surface area contributed by atoms with Gasteiger partial charge in [-0.05, 0) is 58.1 Å². The second-order valence-electron chi connectivity index (χ2n) is 5.89. The lowest BCUT2D eigenvalue weighted by molar-refractivity contribution is -0.142. The van der Waals surface area contributed by atoms with Crippen molar-refractivity contribution in [2.24, 2.45) is 0 Å². The monoisotopic (exact) mass is 300 g/mol. The van der Waals surface area contributed by atoms with E-state index in [9.17, 15) is 4.79 Å². The van der Waals surface area contributed by atoms with Crippen LogP contribution in [0.2, 0.25) is 0 Å². The van der Waals surface area contributed by atoms with E-state index in [2.05, 4.69) is 39.0 Å². The van der Waals surface area contributed by atoms with E-state index in [1.807, 2.05) is 24.3 Å². The van der Waals surface area contributed by atoms with Crippen LogP contribution in [0, 0.1) is 0 Å². The van der Waals surface area contributed by atoms with Crippen LogP contribution >= 0.6 is 0 Å². The number of hydrogen-bond donors (Lipinski definition) is 0. The molecule has 1 rings (SSSR count). The predicted octanol–water partition coefficient (Wildman–Crippen LogP) is 5.25. The molecule has 0 aliphatic heterocycles. The van der Waals surface area contributed by atoms with Crippen LogP contribution in [0.15, 0.2) is 53.6 Å². The first kappa shape index (κ1) is 18.2. The van der Waals surface area contributed by atoms with Crippen LogP contribution in [-0.2, 0) is 16.0 Å². The second kappa shape index (κ2) is 10.8. The van der Waals surface area contributed by atoms with E-state index in [-0.39, 0.29) is 5.97 Å². The fraction of sp³-hybridized carbons (Fsp3) is 0.450. The lowest BCUT2D eigenvalue weighted by Gasteiger charge is -2.04. The summed E-state index contributed by atoms with van der Waals surface area (Å²) in [4.78, 5) is 11.7. The van der Waals surface area contributed by atoms with E-state index in [0.29, 0.717) is 13.0 Å². The average molecular weight is 300 g/mol. The Morgan fingerprint density at radius 1 is 1.05 bits per heavy atom. The highest BCUT2D eigenvalue weighted by atomic mass is 16.5. The first-order valence-corrected chi connectivity index (χ1v) is 8.06. The molecule has 0 aliphatic carbocycles. The number of aryl methyl sites for hydroxylation is 1. The molecule has 0 heterocycles. The minimum Gasteiger partial charge on any atom is -0.461 e. The fourth-order valence-corrected chi connectivity index (χ4v) is 2.12. The van der Waals surface area contributed by atoms with Gasteiger partial charge in [-0.15, -0.1) is 0 Å². The summed E-state index contributed by atoms with van der Waals surface area (Å²) in [5.74, 6) is -0.107. The predicted molar refractivity (Wildman–Crippen MR) is 92.8 cm³/mol. The minimum absolute atomic E-state index is 0.107. The van der Waals surface area contributed by atoms with Crippen molar-refractivity contribution in [3.63, 3.8) is 0 Å². The van der Waals surface area contributed by atoms with Gasteiger partial charge in [0.2, 0.25) is 0 Å². The zero-order chi connectivity index (χ0) is 16.2. The zero-order valence-corrected chi connectivity index (χ0v) is 14.1. The van der Waals surface area contributed by atoms with Gasteiger partial charge in [0, 0.05) is 6.42 Å². The molecule has 2 nitrogen and oxygen atoms in total. The SMILES string of the molecule is CC(C)=CCC/C(C)=C/COC(=O)CCCc1ccccc1. The third-order valence-electron chi connectivity index (χ3n) is 3.46. The molecule has 1 aromatic carbocycles. The average Bonchev–Trinajstić information content (AvgIpc) is 2.48. The molecule has 22 heavy (non-hydrogen) atoms. The van der Waals surface area contributed by atoms with Gasteiger partial charge in [-0.2, -0.15) is 0 Å². The summed E-state index contributed by atoms with van der Waals surface area (Å²) in [5.41, 5.74) is 3.89. The van der Waals surface area contributed by atoms with Gasteiger partial charge in [0.1, 0.15) is 6.61 Å². The highest BCUT2D eigenvalue weighted by Gasteiger charge is 2.02. The van der Waals surface area contributed by atoms with Crippen molar-refractivity contribution in [1.82, 2.24) is 0 Å². The Balaban J connectivity index is 2.13. The third-order valence-corrected chi connectivity index (χ3v) is 3.46. The molecule has 120 valence electrons. The topological polar surface area (TPSA) is 26.3 Å². The molecule has 0 spiro atoms. The maximum atomic E-state index is 11.7. The quantitative estimate of drug-likeness (QED) is 0.460. The summed E-state index contributed by atoms with van der Waals surface area (Å²) in [5, 5.41) is 0. The van der Waals surface area contributed by atoms with E-state index in [0.717, 1.165) is 25.7 Å². The van der Waals surface area contributed by atoms with E-state index >= 15 is 0 Å². The number of carbonyl (C=O) groups is 1. The van der Waals surface area contributed by atoms with Crippen LogP contribution < -0.4 is 0 Å². The molecular formula is C20H28O2. The number of ether oxygens (including phenoxy) is 1. The Bertz CT molecular complexity index is 494. The lowest BCUT2D eigenvalue weighted by atomic mass is 10.1. The van der Waals surface area contributed by atoms with Crippen molar-refractivity contribution in [3.05, 3.63) is 59.2 Å². The molecule has 0 radical (unpaired) electrons. The lowest BCUT2D eigenvalue weighted by Crippen LogP contribution is -2.05. The Labute approximate surface area is 134 Å². The molecule has 0 unspecified atom stereocenters. The van der Waals surface area contributed by atoms with Crippen molar-refractivity contribution in [1.29, 1.82) is 0 Å². The molecule has 2 heteroatoms. The number of rotatable bonds is 9. The van der Waals surface area contributed by atoms with E-state index in [4.69, 9.17) is 4.74 Å². The standard InChI is InChI=1S/C20H28O2/c1-17(2)9-7-10-18(3)15-16-22-20(21)14-8-13-19-11-5-4-6-12-19/h4-6,9,11-12,15H,7-8,10,13-14,16H2,1-3H3/b18-15+. The molecule has 0 saturated heterocycles. The Morgan fingerprint density at radius 2 is 1.77 bits per heavy atom. The van der Waals surface area contributed by atoms with Crippen LogP contribution in [0.25, 0.3) is 0 Å². The zero-order valence-electron chi connectivity index (χ0n) is 14.1. The Kier molecular flexibility index (Phi) is 8.97. The summed E-state index contributed by atoms with van der Waals surface area (Å²) in [7, 11) is 0. The van der Waals surface area contributed by atoms with Gasteiger partial charge in [0.05, 0.1) is 0 Å². The first-order valence-electron chi connectivity index (χ1n) is 8.06. The van der Waals surface area contributed by atoms with Gasteiger partial charge in [0.15, 0.2) is 0 Å². The van der Waals surface area contributed by atoms with Gasteiger partial charge in [-0.25, -0.2) is 0 Å². The van der Waals surface area contributed by atoms with Gasteiger partial charge < -0.3 is 4.74 Å². The molecule has 0 saturated carbocycles. The number of hydrogen-bond acceptors (Lipinski definition) is 2. The number of allylic oxidation sites excluding steroid dienone is 3. The molecule has 0 aromatic heterocycles. The van der Waals surface area contributed by atoms with Crippen LogP contribution in [0.4, 0.5) is 0 Å². The molecule has 0 bridgehead atoms. The largest absolute Gasteiger partial charge is 0.461 e. The van der Waals surface area contributed by atoms with Crippen molar-refractivity contribution >= 4 is 5.97 Å². The molecule has 0 amide bonds. The minimum atomic E-state index is -0.107. The number of benzene rings is 1. The summed E-state index contributed by atoms with van der Waals surface area (Å²) in [6.45, 7) is 6.69. The Hall–Kier alpha value is -1.83. The fourth-order valence-electron chi connectivity index (χ4n) is 2.12. The number of carbonyl (C=O) groups excluding carboxylic acids is 1. The first-order chi connectivity index (χ1) is 10.6. The van der Waals surface area contributed by atoms with Gasteiger partial charge >= 0.3 is 5.97 Å². The summed E-state index contributed by atoms with van der Waals surface area (Å²) >= 11 is 0. The summed E-state index contributed by atoms with van der Waals surface area (Å²) in [6.07, 6.45) is 8.56. The Morgan fingerprint density at radius 3 is 2.45 bits per heavy atom. The molecule has 0 aliphatic rings. The highest BCUT2D eigenvalue weighted by Crippen LogP contribution is 2.07. The van der Waals surface area contributed by atoms with Crippen molar-refractivity contribution < 1.29 is 9.53 Å². The van der Waals surface area contributed by atoms with E-state index in [1.165, 1.54) is 16.7 Å². The van der Waals surface area contributed by atoms with Crippen LogP contribution in [0.1, 0.15) is 52.0 Å². The van der Waals surface area contributed by atoms with Gasteiger partial charge in [-0.1, -0.05) is 47.6 Å². The highest BCUT2D eigenvalue weighted by molar-refractivity contribution is 5.69. The van der Waals surface area contributed by atoms with E-state index < -0.39 is 0 Å².